The smallest absolute Gasteiger partial charge is 0.405 e. The molecule has 0 saturated carbocycles. The van der Waals surface area contributed by atoms with Crippen LogP contribution in [0.25, 0.3) is 11.1 Å². The molecule has 2 aromatic rings. The highest BCUT2D eigenvalue weighted by Gasteiger charge is 2.46. The summed E-state index contributed by atoms with van der Waals surface area (Å²) < 4.78 is 11.2. The summed E-state index contributed by atoms with van der Waals surface area (Å²) in [5, 5.41) is 61.5. The van der Waals surface area contributed by atoms with E-state index in [1.165, 1.54) is 24.3 Å². The van der Waals surface area contributed by atoms with Gasteiger partial charge in [-0.25, -0.2) is 9.59 Å². The molecular weight excluding hydrogens is 444 g/mol. The fourth-order valence-corrected chi connectivity index (χ4v) is 3.41. The van der Waals surface area contributed by atoms with E-state index in [0.717, 1.165) is 12.1 Å². The number of nitro benzene ring substituents is 1. The predicted molar refractivity (Wildman–Crippen MR) is 109 cm³/mol. The van der Waals surface area contributed by atoms with Crippen LogP contribution in [0.2, 0.25) is 0 Å². The molecule has 13 heteroatoms. The van der Waals surface area contributed by atoms with Crippen LogP contribution in [-0.2, 0) is 4.74 Å². The van der Waals surface area contributed by atoms with Gasteiger partial charge in [0.2, 0.25) is 6.29 Å². The molecule has 1 amide bonds. The summed E-state index contributed by atoms with van der Waals surface area (Å²) >= 11 is 0. The number of nitrogens with zero attached hydrogens (tertiary/aromatic N) is 1. The summed E-state index contributed by atoms with van der Waals surface area (Å²) in [5.41, 5.74) is -0.484. The SMILES string of the molecule is O=C(O)N[C@H]1C(O)[C@@H](O)[C@@H](CO)O[C@H]1Oc1ccccc1-c1cc(C(=O)O)cc([N+](=O)[O-])c1. The molecule has 0 aromatic heterocycles. The van der Waals surface area contributed by atoms with Crippen LogP contribution in [0.15, 0.2) is 42.5 Å². The van der Waals surface area contributed by atoms with Crippen molar-refractivity contribution in [1.29, 1.82) is 0 Å². The Kier molecular flexibility index (Phi) is 7.08. The van der Waals surface area contributed by atoms with Gasteiger partial charge in [0.05, 0.1) is 17.1 Å². The van der Waals surface area contributed by atoms with Gasteiger partial charge in [-0.1, -0.05) is 18.2 Å². The molecule has 0 bridgehead atoms. The van der Waals surface area contributed by atoms with Gasteiger partial charge in [0, 0.05) is 17.7 Å². The summed E-state index contributed by atoms with van der Waals surface area (Å²) in [4.78, 5) is 33.1. The molecule has 2 aromatic carbocycles. The van der Waals surface area contributed by atoms with E-state index in [1.54, 1.807) is 6.07 Å². The fourth-order valence-electron chi connectivity index (χ4n) is 3.41. The molecule has 5 atom stereocenters. The van der Waals surface area contributed by atoms with E-state index in [4.69, 9.17) is 14.6 Å². The quantitative estimate of drug-likeness (QED) is 0.244. The van der Waals surface area contributed by atoms with E-state index in [2.05, 4.69) is 0 Å². The summed E-state index contributed by atoms with van der Waals surface area (Å²) in [7, 11) is 0. The molecule has 3 rings (SSSR count). The number of benzene rings is 2. The first-order chi connectivity index (χ1) is 15.6. The first kappa shape index (κ1) is 23.9. The van der Waals surface area contributed by atoms with Crippen LogP contribution < -0.4 is 10.1 Å². The summed E-state index contributed by atoms with van der Waals surface area (Å²) in [6.07, 6.45) is -7.66. The maximum absolute atomic E-state index is 11.4. The Bertz CT molecular complexity index is 1030. The van der Waals surface area contributed by atoms with Crippen LogP contribution in [0, 0.1) is 10.1 Å². The summed E-state index contributed by atoms with van der Waals surface area (Å²) in [5.74, 6) is -1.38. The average Bonchev–Trinajstić information content (AvgIpc) is 2.78. The Labute approximate surface area is 185 Å². The molecule has 33 heavy (non-hydrogen) atoms. The number of aliphatic hydroxyl groups is 3. The normalized spacial score (nSPS) is 24.6. The van der Waals surface area contributed by atoms with Crippen LogP contribution in [0.1, 0.15) is 10.4 Å². The molecule has 1 aliphatic heterocycles. The van der Waals surface area contributed by atoms with E-state index in [0.29, 0.717) is 0 Å². The molecule has 1 fully saturated rings. The van der Waals surface area contributed by atoms with Crippen molar-refractivity contribution in [2.24, 2.45) is 0 Å². The van der Waals surface area contributed by atoms with Gasteiger partial charge in [0.15, 0.2) is 0 Å². The monoisotopic (exact) mass is 464 g/mol. The maximum atomic E-state index is 11.4. The zero-order valence-corrected chi connectivity index (χ0v) is 16.8. The second-order valence-corrected chi connectivity index (χ2v) is 7.13. The summed E-state index contributed by atoms with van der Waals surface area (Å²) in [6, 6.07) is 7.76. The highest BCUT2D eigenvalue weighted by Crippen LogP contribution is 2.35. The van der Waals surface area contributed by atoms with Gasteiger partial charge in [-0.05, 0) is 17.7 Å². The predicted octanol–water partition coefficient (Wildman–Crippen LogP) is 0.414. The molecular formula is C20H20N2O11. The van der Waals surface area contributed by atoms with Crippen molar-refractivity contribution in [1.82, 2.24) is 5.32 Å². The lowest BCUT2D eigenvalue weighted by Crippen LogP contribution is -2.65. The minimum atomic E-state index is -1.69. The van der Waals surface area contributed by atoms with Crippen molar-refractivity contribution in [2.45, 2.75) is 30.6 Å². The summed E-state index contributed by atoms with van der Waals surface area (Å²) in [6.45, 7) is -0.702. The molecule has 176 valence electrons. The standard InChI is InChI=1S/C20H20N2O11/c23-8-14-16(24)17(25)15(21-20(28)29)19(33-14)32-13-4-2-1-3-12(13)9-5-10(18(26)27)7-11(6-9)22(30)31/h1-7,14-17,19,21,23-25H,8H2,(H,26,27)(H,28,29)/t14-,15+,16+,17?,19-/m1/s1. The van der Waals surface area contributed by atoms with Gasteiger partial charge < -0.3 is 40.3 Å². The third-order valence-corrected chi connectivity index (χ3v) is 4.99. The topological polar surface area (TPSA) is 209 Å². The number of nitrogens with one attached hydrogen (secondary N) is 1. The van der Waals surface area contributed by atoms with Gasteiger partial charge in [-0.2, -0.15) is 0 Å². The van der Waals surface area contributed by atoms with E-state index in [9.17, 15) is 40.1 Å². The number of carbonyl (C=O) groups is 2. The van der Waals surface area contributed by atoms with Crippen molar-refractivity contribution in [3.63, 3.8) is 0 Å². The third kappa shape index (κ3) is 5.18. The first-order valence-electron chi connectivity index (χ1n) is 9.53. The lowest BCUT2D eigenvalue weighted by molar-refractivity contribution is -0.384. The number of nitro groups is 1. The second kappa shape index (κ2) is 9.79. The van der Waals surface area contributed by atoms with Crippen LogP contribution in [0.3, 0.4) is 0 Å². The van der Waals surface area contributed by atoms with Crippen molar-refractivity contribution in [3.8, 4) is 16.9 Å². The van der Waals surface area contributed by atoms with Crippen molar-refractivity contribution >= 4 is 17.7 Å². The maximum Gasteiger partial charge on any atom is 0.405 e. The van der Waals surface area contributed by atoms with Crippen molar-refractivity contribution in [2.75, 3.05) is 6.61 Å². The first-order valence-corrected chi connectivity index (χ1v) is 9.53. The molecule has 1 saturated heterocycles. The number of para-hydroxylation sites is 1. The lowest BCUT2D eigenvalue weighted by atomic mass is 9.97. The number of hydrogen-bond donors (Lipinski definition) is 6. The van der Waals surface area contributed by atoms with E-state index < -0.39 is 59.9 Å². The number of amides is 1. The average molecular weight is 464 g/mol. The Morgan fingerprint density at radius 2 is 1.82 bits per heavy atom. The molecule has 1 unspecified atom stereocenters. The minimum absolute atomic E-state index is 0.0109. The van der Waals surface area contributed by atoms with E-state index in [-0.39, 0.29) is 22.4 Å². The van der Waals surface area contributed by atoms with Crippen molar-refractivity contribution in [3.05, 3.63) is 58.1 Å². The zero-order chi connectivity index (χ0) is 24.3. The molecule has 1 heterocycles. The number of ether oxygens (including phenoxy) is 2. The fraction of sp³-hybridized carbons (Fsp3) is 0.300. The molecule has 0 spiro atoms. The number of hydrogen-bond acceptors (Lipinski definition) is 9. The van der Waals surface area contributed by atoms with E-state index >= 15 is 0 Å². The van der Waals surface area contributed by atoms with Crippen molar-refractivity contribution < 1.29 is 49.5 Å². The lowest BCUT2D eigenvalue weighted by Gasteiger charge is -2.41. The van der Waals surface area contributed by atoms with Crippen LogP contribution in [0.4, 0.5) is 10.5 Å². The zero-order valence-electron chi connectivity index (χ0n) is 16.8. The largest absolute Gasteiger partial charge is 0.478 e. The molecule has 0 aliphatic carbocycles. The molecule has 6 N–H and O–H groups in total. The number of rotatable bonds is 7. The van der Waals surface area contributed by atoms with Gasteiger partial charge in [0.25, 0.3) is 5.69 Å². The Morgan fingerprint density at radius 3 is 2.42 bits per heavy atom. The molecule has 13 nitrogen and oxygen atoms in total. The number of carboxylic acids is 1. The van der Waals surface area contributed by atoms with Gasteiger partial charge in [0.1, 0.15) is 30.1 Å². The number of non-ortho nitro benzene ring substituents is 1. The van der Waals surface area contributed by atoms with Crippen LogP contribution in [0.5, 0.6) is 5.75 Å². The molecule has 1 aliphatic rings. The minimum Gasteiger partial charge on any atom is -0.478 e. The third-order valence-electron chi connectivity index (χ3n) is 4.99. The Balaban J connectivity index is 2.03. The van der Waals surface area contributed by atoms with Gasteiger partial charge in [-0.15, -0.1) is 0 Å². The Hall–Kier alpha value is -3.78. The van der Waals surface area contributed by atoms with Crippen LogP contribution in [-0.4, -0.2) is 79.8 Å². The van der Waals surface area contributed by atoms with Gasteiger partial charge >= 0.3 is 12.1 Å². The highest BCUT2D eigenvalue weighted by molar-refractivity contribution is 5.91. The van der Waals surface area contributed by atoms with E-state index in [1.807, 2.05) is 5.32 Å². The Morgan fingerprint density at radius 1 is 1.12 bits per heavy atom. The van der Waals surface area contributed by atoms with Gasteiger partial charge in [-0.3, -0.25) is 10.1 Å². The molecule has 0 radical (unpaired) electrons. The number of aromatic carboxylic acids is 1. The highest BCUT2D eigenvalue weighted by atomic mass is 16.7. The number of carboxylic acid groups (broad SMARTS) is 2. The number of aliphatic hydroxyl groups excluding tert-OH is 3. The second-order valence-electron chi connectivity index (χ2n) is 7.13. The van der Waals surface area contributed by atoms with Crippen LogP contribution >= 0.6 is 0 Å².